The average Bonchev–Trinajstić information content (AvgIpc) is 3.15. The zero-order valence-electron chi connectivity index (χ0n) is 13.5. The zero-order chi connectivity index (χ0) is 18.1. The molecule has 0 fully saturated rings. The first-order valence-corrected chi connectivity index (χ1v) is 8.34. The molecular weight excluding hydrogens is 354 g/mol. The van der Waals surface area contributed by atoms with Gasteiger partial charge in [-0.25, -0.2) is 9.67 Å². The van der Waals surface area contributed by atoms with E-state index in [1.54, 1.807) is 24.3 Å². The van der Waals surface area contributed by atoms with Crippen molar-refractivity contribution < 1.29 is 9.59 Å². The summed E-state index contributed by atoms with van der Waals surface area (Å²) in [5.74, 6) is -1.05. The Morgan fingerprint density at radius 3 is 2.92 bits per heavy atom. The van der Waals surface area contributed by atoms with Crippen molar-refractivity contribution in [1.82, 2.24) is 14.8 Å². The fraction of sp³-hybridized carbons (Fsp3) is 0.111. The highest BCUT2D eigenvalue weighted by Crippen LogP contribution is 2.33. The number of hydrogen-bond acceptors (Lipinski definition) is 4. The van der Waals surface area contributed by atoms with Crippen LogP contribution in [0.1, 0.15) is 17.9 Å². The van der Waals surface area contributed by atoms with Crippen LogP contribution in [-0.2, 0) is 9.59 Å². The maximum absolute atomic E-state index is 12.9. The van der Waals surface area contributed by atoms with Crippen molar-refractivity contribution in [3.63, 3.8) is 0 Å². The molecule has 2 heterocycles. The van der Waals surface area contributed by atoms with Crippen molar-refractivity contribution in [2.45, 2.75) is 12.3 Å². The molecule has 1 atom stereocenters. The van der Waals surface area contributed by atoms with E-state index in [1.165, 1.54) is 17.3 Å². The van der Waals surface area contributed by atoms with Gasteiger partial charge in [-0.3, -0.25) is 9.59 Å². The molecular formula is C18H14ClN5O2. The first kappa shape index (κ1) is 16.3. The Labute approximate surface area is 154 Å². The minimum Gasteiger partial charge on any atom is -0.326 e. The Balaban J connectivity index is 1.68. The van der Waals surface area contributed by atoms with Gasteiger partial charge in [0.05, 0.1) is 17.3 Å². The summed E-state index contributed by atoms with van der Waals surface area (Å²) in [5, 5.41) is 10.2. The van der Waals surface area contributed by atoms with E-state index in [0.717, 1.165) is 5.56 Å². The summed E-state index contributed by atoms with van der Waals surface area (Å²) in [4.78, 5) is 28.8. The van der Waals surface area contributed by atoms with Crippen LogP contribution in [0.5, 0.6) is 0 Å². The molecule has 2 amide bonds. The van der Waals surface area contributed by atoms with Crippen LogP contribution >= 0.6 is 11.6 Å². The highest BCUT2D eigenvalue weighted by molar-refractivity contribution is 6.31. The second-order valence-electron chi connectivity index (χ2n) is 5.88. The number of carbonyl (C=O) groups is 2. The van der Waals surface area contributed by atoms with Gasteiger partial charge in [0.2, 0.25) is 11.8 Å². The Hall–Kier alpha value is -3.19. The fourth-order valence-corrected chi connectivity index (χ4v) is 3.18. The molecule has 1 aromatic heterocycles. The molecule has 0 saturated carbocycles. The second kappa shape index (κ2) is 6.61. The maximum Gasteiger partial charge on any atom is 0.232 e. The lowest BCUT2D eigenvalue weighted by molar-refractivity contribution is -0.123. The van der Waals surface area contributed by atoms with Crippen LogP contribution in [0.3, 0.4) is 0 Å². The maximum atomic E-state index is 12.9. The highest BCUT2D eigenvalue weighted by atomic mass is 35.5. The largest absolute Gasteiger partial charge is 0.326 e. The Morgan fingerprint density at radius 1 is 1.27 bits per heavy atom. The van der Waals surface area contributed by atoms with Crippen molar-refractivity contribution in [2.24, 2.45) is 0 Å². The van der Waals surface area contributed by atoms with Crippen molar-refractivity contribution in [1.29, 1.82) is 0 Å². The normalized spacial score (nSPS) is 15.9. The number of carbonyl (C=O) groups excluding carboxylic acids is 2. The lowest BCUT2D eigenvalue weighted by Gasteiger charge is -2.25. The molecule has 8 heteroatoms. The van der Waals surface area contributed by atoms with Gasteiger partial charge < -0.3 is 10.6 Å². The number of aromatic nitrogens is 3. The van der Waals surface area contributed by atoms with Gasteiger partial charge in [0, 0.05) is 17.1 Å². The van der Waals surface area contributed by atoms with Gasteiger partial charge in [0.25, 0.3) is 0 Å². The van der Waals surface area contributed by atoms with Crippen molar-refractivity contribution >= 4 is 34.8 Å². The van der Waals surface area contributed by atoms with E-state index in [9.17, 15) is 9.59 Å². The molecule has 0 radical (unpaired) electrons. The minimum absolute atomic E-state index is 0.0854. The summed E-state index contributed by atoms with van der Waals surface area (Å²) in [5.41, 5.74) is 2.57. The third-order valence-corrected chi connectivity index (χ3v) is 4.43. The van der Waals surface area contributed by atoms with Crippen LogP contribution in [-0.4, -0.2) is 26.6 Å². The number of nitrogens with one attached hydrogen (secondary N) is 2. The summed E-state index contributed by atoms with van der Waals surface area (Å²) in [7, 11) is 0. The van der Waals surface area contributed by atoms with Crippen LogP contribution in [0.15, 0.2) is 55.1 Å². The van der Waals surface area contributed by atoms with Gasteiger partial charge in [0.1, 0.15) is 12.7 Å². The summed E-state index contributed by atoms with van der Waals surface area (Å²) in [6.45, 7) is 0. The van der Waals surface area contributed by atoms with Crippen LogP contribution in [0.25, 0.3) is 5.69 Å². The van der Waals surface area contributed by atoms with Gasteiger partial charge in [-0.15, -0.1) is 0 Å². The molecule has 2 N–H and O–H groups in total. The number of fused-ring (bicyclic) bond motifs is 1. The van der Waals surface area contributed by atoms with Crippen LogP contribution < -0.4 is 10.6 Å². The van der Waals surface area contributed by atoms with E-state index in [0.29, 0.717) is 22.1 Å². The molecule has 1 aliphatic heterocycles. The molecule has 0 spiro atoms. The summed E-state index contributed by atoms with van der Waals surface area (Å²) < 4.78 is 1.54. The molecule has 4 rings (SSSR count). The van der Waals surface area contributed by atoms with Gasteiger partial charge in [-0.1, -0.05) is 29.8 Å². The molecule has 0 bridgehead atoms. The summed E-state index contributed by atoms with van der Waals surface area (Å²) >= 11 is 6.09. The van der Waals surface area contributed by atoms with Crippen LogP contribution in [0.2, 0.25) is 5.02 Å². The van der Waals surface area contributed by atoms with Crippen LogP contribution in [0, 0.1) is 0 Å². The first-order chi connectivity index (χ1) is 12.6. The van der Waals surface area contributed by atoms with Crippen LogP contribution in [0.4, 0.5) is 11.4 Å². The number of hydrogen-bond donors (Lipinski definition) is 2. The lowest BCUT2D eigenvalue weighted by Crippen LogP contribution is -2.31. The summed E-state index contributed by atoms with van der Waals surface area (Å²) in [6, 6.07) is 12.4. The van der Waals surface area contributed by atoms with E-state index < -0.39 is 5.92 Å². The van der Waals surface area contributed by atoms with E-state index in [1.807, 2.05) is 18.2 Å². The Kier molecular flexibility index (Phi) is 4.14. The quantitative estimate of drug-likeness (QED) is 0.744. The van der Waals surface area contributed by atoms with Crippen molar-refractivity contribution in [2.75, 3.05) is 10.6 Å². The lowest BCUT2D eigenvalue weighted by atomic mass is 9.89. The minimum atomic E-state index is -0.581. The highest BCUT2D eigenvalue weighted by Gasteiger charge is 2.30. The molecule has 0 aliphatic carbocycles. The van der Waals surface area contributed by atoms with E-state index in [-0.39, 0.29) is 18.2 Å². The molecule has 1 aliphatic rings. The second-order valence-corrected chi connectivity index (χ2v) is 6.32. The number of para-hydroxylation sites is 1. The van der Waals surface area contributed by atoms with Gasteiger partial charge in [-0.2, -0.15) is 5.10 Å². The van der Waals surface area contributed by atoms with E-state index >= 15 is 0 Å². The smallest absolute Gasteiger partial charge is 0.232 e. The molecule has 3 aromatic rings. The Bertz CT molecular complexity index is 987. The third kappa shape index (κ3) is 3.04. The van der Waals surface area contributed by atoms with E-state index in [2.05, 4.69) is 20.7 Å². The molecule has 2 aromatic carbocycles. The molecule has 7 nitrogen and oxygen atoms in total. The average molecular weight is 368 g/mol. The third-order valence-electron chi connectivity index (χ3n) is 4.20. The first-order valence-electron chi connectivity index (χ1n) is 7.96. The van der Waals surface area contributed by atoms with Gasteiger partial charge in [0.15, 0.2) is 0 Å². The number of rotatable bonds is 3. The number of benzene rings is 2. The zero-order valence-corrected chi connectivity index (χ0v) is 14.3. The topological polar surface area (TPSA) is 88.9 Å². The predicted octanol–water partition coefficient (Wildman–Crippen LogP) is 2.99. The van der Waals surface area contributed by atoms with Gasteiger partial charge in [-0.05, 0) is 29.8 Å². The number of nitrogens with zero attached hydrogens (tertiary/aromatic N) is 3. The molecule has 1 unspecified atom stereocenters. The Morgan fingerprint density at radius 2 is 2.12 bits per heavy atom. The van der Waals surface area contributed by atoms with E-state index in [4.69, 9.17) is 11.6 Å². The van der Waals surface area contributed by atoms with Crippen molar-refractivity contribution in [3.8, 4) is 5.69 Å². The summed E-state index contributed by atoms with van der Waals surface area (Å²) in [6.07, 6.45) is 3.02. The monoisotopic (exact) mass is 367 g/mol. The predicted molar refractivity (Wildman–Crippen MR) is 97.4 cm³/mol. The number of anilines is 2. The van der Waals surface area contributed by atoms with Crippen molar-refractivity contribution in [3.05, 3.63) is 65.7 Å². The molecule has 26 heavy (non-hydrogen) atoms. The molecule has 130 valence electrons. The van der Waals surface area contributed by atoms with Gasteiger partial charge >= 0.3 is 0 Å². The standard InChI is InChI=1S/C18H14ClN5O2/c19-11-5-6-16(24-10-20-9-21-24)15(7-11)23-18(26)13-8-17(25)22-14-4-2-1-3-12(13)14/h1-7,9-10,13H,8H2,(H,22,25)(H,23,26). The molecule has 0 saturated heterocycles. The fourth-order valence-electron chi connectivity index (χ4n) is 3.01. The SMILES string of the molecule is O=C1CC(C(=O)Nc2cc(Cl)ccc2-n2cncn2)c2ccccc2N1. The number of amides is 2. The number of halogens is 1.